The highest BCUT2D eigenvalue weighted by Gasteiger charge is 2.22. The fourth-order valence-electron chi connectivity index (χ4n) is 2.21. The van der Waals surface area contributed by atoms with Crippen molar-refractivity contribution in [3.8, 4) is 5.88 Å². The summed E-state index contributed by atoms with van der Waals surface area (Å²) in [5, 5.41) is 0.962. The average Bonchev–Trinajstić information content (AvgIpc) is 2.37. The maximum absolute atomic E-state index is 6.02. The van der Waals surface area contributed by atoms with Crippen molar-refractivity contribution >= 4 is 16.6 Å². The molecule has 1 aromatic carbocycles. The number of pyridine rings is 1. The first-order chi connectivity index (χ1) is 9.74. The van der Waals surface area contributed by atoms with E-state index in [0.717, 1.165) is 30.7 Å². The van der Waals surface area contributed by atoms with Crippen molar-refractivity contribution in [3.63, 3.8) is 0 Å². The number of nitrogen functional groups attached to an aromatic ring is 1. The van der Waals surface area contributed by atoms with Gasteiger partial charge in [0.1, 0.15) is 6.61 Å². The summed E-state index contributed by atoms with van der Waals surface area (Å²) in [6.45, 7) is 3.08. The van der Waals surface area contributed by atoms with Crippen LogP contribution in [0.2, 0.25) is 0 Å². The predicted molar refractivity (Wildman–Crippen MR) is 78.9 cm³/mol. The summed E-state index contributed by atoms with van der Waals surface area (Å²) in [7, 11) is 2.08. The summed E-state index contributed by atoms with van der Waals surface area (Å²) in [4.78, 5) is 6.71. The molecule has 106 valence electrons. The fraction of sp³-hybridized carbons (Fsp3) is 0.400. The number of nitrogens with two attached hydrogens (primary N) is 1. The summed E-state index contributed by atoms with van der Waals surface area (Å²) in [5.74, 6) is 0.583. The van der Waals surface area contributed by atoms with E-state index in [-0.39, 0.29) is 0 Å². The van der Waals surface area contributed by atoms with E-state index >= 15 is 0 Å². The molecular formula is C15H19N3O2. The van der Waals surface area contributed by atoms with Gasteiger partial charge in [-0.05, 0) is 13.1 Å². The third-order valence-electron chi connectivity index (χ3n) is 3.66. The van der Waals surface area contributed by atoms with Crippen LogP contribution in [-0.4, -0.2) is 49.3 Å². The number of hydrogen-bond donors (Lipinski definition) is 1. The molecule has 1 saturated heterocycles. The Hall–Kier alpha value is -1.85. The lowest BCUT2D eigenvalue weighted by atomic mass is 10.2. The van der Waals surface area contributed by atoms with Gasteiger partial charge in [-0.15, -0.1) is 0 Å². The molecule has 3 rings (SSSR count). The van der Waals surface area contributed by atoms with E-state index in [4.69, 9.17) is 15.2 Å². The van der Waals surface area contributed by atoms with E-state index in [9.17, 15) is 0 Å². The lowest BCUT2D eigenvalue weighted by Gasteiger charge is -2.34. The van der Waals surface area contributed by atoms with Crippen molar-refractivity contribution in [1.29, 1.82) is 0 Å². The second kappa shape index (κ2) is 5.64. The van der Waals surface area contributed by atoms with Crippen LogP contribution in [0.15, 0.2) is 30.3 Å². The number of para-hydroxylation sites is 1. The van der Waals surface area contributed by atoms with Gasteiger partial charge in [0, 0.05) is 23.7 Å². The minimum atomic E-state index is 0.522. The van der Waals surface area contributed by atoms with Crippen molar-refractivity contribution in [3.05, 3.63) is 30.3 Å². The Balaban J connectivity index is 1.62. The summed E-state index contributed by atoms with van der Waals surface area (Å²) >= 11 is 0. The lowest BCUT2D eigenvalue weighted by Crippen LogP contribution is -2.48. The summed E-state index contributed by atoms with van der Waals surface area (Å²) in [6, 6.07) is 10.1. The molecule has 0 spiro atoms. The molecule has 1 aliphatic rings. The van der Waals surface area contributed by atoms with Crippen LogP contribution in [0.4, 0.5) is 5.69 Å². The minimum Gasteiger partial charge on any atom is -0.476 e. The van der Waals surface area contributed by atoms with Gasteiger partial charge in [-0.1, -0.05) is 18.2 Å². The molecule has 1 aliphatic heterocycles. The zero-order valence-corrected chi connectivity index (χ0v) is 11.6. The van der Waals surface area contributed by atoms with Crippen LogP contribution in [0.5, 0.6) is 5.88 Å². The highest BCUT2D eigenvalue weighted by molar-refractivity contribution is 5.90. The molecule has 0 bridgehead atoms. The number of ether oxygens (including phenoxy) is 2. The van der Waals surface area contributed by atoms with Crippen molar-refractivity contribution in [2.45, 2.75) is 6.04 Å². The third kappa shape index (κ3) is 2.69. The zero-order valence-electron chi connectivity index (χ0n) is 11.6. The molecule has 1 aromatic heterocycles. The average molecular weight is 273 g/mol. The van der Waals surface area contributed by atoms with Crippen LogP contribution in [0, 0.1) is 0 Å². The molecule has 0 atom stereocenters. The second-order valence-electron chi connectivity index (χ2n) is 5.09. The lowest BCUT2D eigenvalue weighted by molar-refractivity contribution is -0.0583. The molecule has 0 saturated carbocycles. The number of anilines is 1. The van der Waals surface area contributed by atoms with Crippen LogP contribution >= 0.6 is 0 Å². The van der Waals surface area contributed by atoms with Gasteiger partial charge in [0.15, 0.2) is 0 Å². The van der Waals surface area contributed by atoms with E-state index in [1.54, 1.807) is 6.07 Å². The van der Waals surface area contributed by atoms with E-state index in [0.29, 0.717) is 24.2 Å². The van der Waals surface area contributed by atoms with Gasteiger partial charge in [0.05, 0.1) is 24.8 Å². The standard InChI is InChI=1S/C15H19N3O2/c1-18(11-9-19-10-11)6-7-20-15-8-13(16)12-4-2-3-5-14(12)17-15/h2-5,8,11H,6-7,9-10H2,1H3,(H2,16,17). The van der Waals surface area contributed by atoms with Gasteiger partial charge in [0.2, 0.25) is 5.88 Å². The van der Waals surface area contributed by atoms with E-state index < -0.39 is 0 Å². The normalized spacial score (nSPS) is 15.5. The molecular weight excluding hydrogens is 254 g/mol. The zero-order chi connectivity index (χ0) is 13.9. The van der Waals surface area contributed by atoms with Gasteiger partial charge in [-0.2, -0.15) is 0 Å². The van der Waals surface area contributed by atoms with Gasteiger partial charge in [0.25, 0.3) is 0 Å². The summed E-state index contributed by atoms with van der Waals surface area (Å²) < 4.78 is 10.9. The van der Waals surface area contributed by atoms with Gasteiger partial charge >= 0.3 is 0 Å². The largest absolute Gasteiger partial charge is 0.476 e. The smallest absolute Gasteiger partial charge is 0.215 e. The highest BCUT2D eigenvalue weighted by Crippen LogP contribution is 2.23. The summed E-state index contributed by atoms with van der Waals surface area (Å²) in [5.41, 5.74) is 7.58. The second-order valence-corrected chi connectivity index (χ2v) is 5.09. The maximum atomic E-state index is 6.02. The van der Waals surface area contributed by atoms with Crippen LogP contribution in [0.3, 0.4) is 0 Å². The number of fused-ring (bicyclic) bond motifs is 1. The quantitative estimate of drug-likeness (QED) is 0.895. The molecule has 0 unspecified atom stereocenters. The first-order valence-corrected chi connectivity index (χ1v) is 6.80. The Morgan fingerprint density at radius 2 is 2.20 bits per heavy atom. The number of likely N-dealkylation sites (N-methyl/N-ethyl adjacent to an activating group) is 1. The summed E-state index contributed by atoms with van der Waals surface area (Å²) in [6.07, 6.45) is 0. The van der Waals surface area contributed by atoms with E-state index in [2.05, 4.69) is 16.9 Å². The molecule has 2 heterocycles. The first-order valence-electron chi connectivity index (χ1n) is 6.80. The van der Waals surface area contributed by atoms with E-state index in [1.165, 1.54) is 0 Å². The Morgan fingerprint density at radius 1 is 1.40 bits per heavy atom. The van der Waals surface area contributed by atoms with E-state index in [1.807, 2.05) is 24.3 Å². The predicted octanol–water partition coefficient (Wildman–Crippen LogP) is 1.53. The molecule has 0 aliphatic carbocycles. The van der Waals surface area contributed by atoms with Crippen LogP contribution < -0.4 is 10.5 Å². The maximum Gasteiger partial charge on any atom is 0.215 e. The molecule has 0 amide bonds. The molecule has 2 aromatic rings. The number of hydrogen-bond acceptors (Lipinski definition) is 5. The monoisotopic (exact) mass is 273 g/mol. The van der Waals surface area contributed by atoms with Crippen molar-refractivity contribution in [1.82, 2.24) is 9.88 Å². The highest BCUT2D eigenvalue weighted by atomic mass is 16.5. The topological polar surface area (TPSA) is 60.6 Å². The van der Waals surface area contributed by atoms with Crippen molar-refractivity contribution in [2.75, 3.05) is 39.1 Å². The third-order valence-corrected chi connectivity index (χ3v) is 3.66. The molecule has 0 radical (unpaired) electrons. The molecule has 5 nitrogen and oxygen atoms in total. The SMILES string of the molecule is CN(CCOc1cc(N)c2ccccc2n1)C1COC1. The number of nitrogens with zero attached hydrogens (tertiary/aromatic N) is 2. The van der Waals surface area contributed by atoms with Gasteiger partial charge < -0.3 is 15.2 Å². The number of aromatic nitrogens is 1. The van der Waals surface area contributed by atoms with Crippen molar-refractivity contribution in [2.24, 2.45) is 0 Å². The Kier molecular flexibility index (Phi) is 3.71. The fourth-order valence-corrected chi connectivity index (χ4v) is 2.21. The first kappa shape index (κ1) is 13.1. The molecule has 1 fully saturated rings. The Bertz CT molecular complexity index is 599. The number of benzene rings is 1. The van der Waals surface area contributed by atoms with Crippen LogP contribution in [0.25, 0.3) is 10.9 Å². The number of rotatable bonds is 5. The van der Waals surface area contributed by atoms with Gasteiger partial charge in [-0.3, -0.25) is 4.90 Å². The Morgan fingerprint density at radius 3 is 2.95 bits per heavy atom. The van der Waals surface area contributed by atoms with Crippen LogP contribution in [0.1, 0.15) is 0 Å². The Labute approximate surface area is 118 Å². The van der Waals surface area contributed by atoms with Crippen LogP contribution in [-0.2, 0) is 4.74 Å². The van der Waals surface area contributed by atoms with Crippen molar-refractivity contribution < 1.29 is 9.47 Å². The minimum absolute atomic E-state index is 0.522. The van der Waals surface area contributed by atoms with Gasteiger partial charge in [-0.25, -0.2) is 4.98 Å². The molecule has 5 heteroatoms. The molecule has 20 heavy (non-hydrogen) atoms. The molecule has 2 N–H and O–H groups in total.